The number of carbonyl (C=O) groups is 1. The first-order chi connectivity index (χ1) is 8.62. The highest BCUT2D eigenvalue weighted by atomic mass is 16.5. The van der Waals surface area contributed by atoms with Crippen LogP contribution in [0.1, 0.15) is 26.2 Å². The van der Waals surface area contributed by atoms with Crippen molar-refractivity contribution in [2.24, 2.45) is 5.92 Å². The average molecular weight is 249 g/mol. The molecule has 1 unspecified atom stereocenters. The molecule has 0 aromatic heterocycles. The summed E-state index contributed by atoms with van der Waals surface area (Å²) >= 11 is 0. The molecule has 0 radical (unpaired) electrons. The molecule has 1 atom stereocenters. The van der Waals surface area contributed by atoms with Gasteiger partial charge in [-0.3, -0.25) is 0 Å². The quantitative estimate of drug-likeness (QED) is 0.814. The molecule has 2 N–H and O–H groups in total. The summed E-state index contributed by atoms with van der Waals surface area (Å²) in [5, 5.41) is 12.7. The molecule has 0 bridgehead atoms. The maximum Gasteiger partial charge on any atom is 0.329 e. The van der Waals surface area contributed by atoms with Crippen LogP contribution in [0, 0.1) is 5.92 Å². The predicted molar refractivity (Wildman–Crippen MR) is 70.0 cm³/mol. The number of hydrogen-bond donors (Lipinski definition) is 2. The number of anilines is 1. The molecule has 1 aromatic carbocycles. The number of hydrogen-bond acceptors (Lipinski definition) is 3. The molecule has 4 heteroatoms. The molecule has 4 nitrogen and oxygen atoms in total. The zero-order valence-electron chi connectivity index (χ0n) is 10.8. The number of carboxylic acids is 1. The zero-order valence-corrected chi connectivity index (χ0v) is 10.8. The zero-order chi connectivity index (χ0) is 13.2. The normalized spacial score (nSPS) is 17.9. The number of ether oxygens (including phenoxy) is 1. The second-order valence-electron chi connectivity index (χ2n) is 4.76. The smallest absolute Gasteiger partial charge is 0.329 e. The first-order valence-electron chi connectivity index (χ1n) is 6.28. The fraction of sp³-hybridized carbons (Fsp3) is 0.500. The molecular formula is C14H19NO3. The minimum absolute atomic E-state index is 0.228. The largest absolute Gasteiger partial charge is 0.497 e. The minimum atomic E-state index is -0.841. The Morgan fingerprint density at radius 1 is 1.56 bits per heavy atom. The highest BCUT2D eigenvalue weighted by molar-refractivity contribution is 5.84. The van der Waals surface area contributed by atoms with Crippen LogP contribution in [-0.4, -0.2) is 23.7 Å². The van der Waals surface area contributed by atoms with Gasteiger partial charge in [0.1, 0.15) is 11.3 Å². The maximum absolute atomic E-state index is 11.6. The number of nitrogens with one attached hydrogen (secondary N) is 1. The van der Waals surface area contributed by atoms with Crippen LogP contribution in [0.3, 0.4) is 0 Å². The molecule has 0 spiro atoms. The molecule has 1 aliphatic carbocycles. The van der Waals surface area contributed by atoms with Gasteiger partial charge in [0.2, 0.25) is 0 Å². The lowest BCUT2D eigenvalue weighted by Gasteiger charge is -2.30. The lowest BCUT2D eigenvalue weighted by molar-refractivity contribution is -0.143. The van der Waals surface area contributed by atoms with Gasteiger partial charge in [-0.25, -0.2) is 4.79 Å². The number of rotatable bonds is 6. The van der Waals surface area contributed by atoms with Crippen LogP contribution in [0.15, 0.2) is 24.3 Å². The van der Waals surface area contributed by atoms with E-state index in [-0.39, 0.29) is 5.92 Å². The lowest BCUT2D eigenvalue weighted by atomic mass is 9.89. The summed E-state index contributed by atoms with van der Waals surface area (Å²) in [7, 11) is 1.60. The Kier molecular flexibility index (Phi) is 3.45. The molecule has 0 amide bonds. The van der Waals surface area contributed by atoms with Gasteiger partial charge in [-0.15, -0.1) is 0 Å². The van der Waals surface area contributed by atoms with Gasteiger partial charge in [-0.1, -0.05) is 13.0 Å². The van der Waals surface area contributed by atoms with Gasteiger partial charge in [-0.05, 0) is 37.3 Å². The Balaban J connectivity index is 2.25. The molecule has 18 heavy (non-hydrogen) atoms. The molecule has 1 aliphatic rings. The first kappa shape index (κ1) is 12.7. The second kappa shape index (κ2) is 4.88. The summed E-state index contributed by atoms with van der Waals surface area (Å²) in [4.78, 5) is 11.6. The van der Waals surface area contributed by atoms with E-state index in [0.29, 0.717) is 6.42 Å². The van der Waals surface area contributed by atoms with E-state index < -0.39 is 11.5 Å². The molecule has 98 valence electrons. The molecule has 0 heterocycles. The van der Waals surface area contributed by atoms with Crippen LogP contribution in [0.25, 0.3) is 0 Å². The summed E-state index contributed by atoms with van der Waals surface area (Å²) in [6, 6.07) is 7.40. The van der Waals surface area contributed by atoms with Gasteiger partial charge in [0, 0.05) is 11.8 Å². The van der Waals surface area contributed by atoms with E-state index in [1.165, 1.54) is 0 Å². The highest BCUT2D eigenvalue weighted by Gasteiger charge is 2.50. The Bertz CT molecular complexity index is 442. The van der Waals surface area contributed by atoms with Gasteiger partial charge < -0.3 is 15.2 Å². The molecule has 1 aromatic rings. The van der Waals surface area contributed by atoms with Gasteiger partial charge in [0.05, 0.1) is 7.11 Å². The van der Waals surface area contributed by atoms with Crippen molar-refractivity contribution in [1.82, 2.24) is 0 Å². The average Bonchev–Trinajstić information content (AvgIpc) is 3.20. The minimum Gasteiger partial charge on any atom is -0.497 e. The van der Waals surface area contributed by atoms with Gasteiger partial charge in [0.25, 0.3) is 0 Å². The Morgan fingerprint density at radius 2 is 2.28 bits per heavy atom. The molecule has 2 rings (SSSR count). The Labute approximate surface area is 107 Å². The van der Waals surface area contributed by atoms with Crippen LogP contribution in [-0.2, 0) is 4.79 Å². The highest BCUT2D eigenvalue weighted by Crippen LogP contribution is 2.43. The Hall–Kier alpha value is -1.71. The maximum atomic E-state index is 11.6. The number of benzene rings is 1. The summed E-state index contributed by atoms with van der Waals surface area (Å²) in [5.41, 5.74) is -0.0441. The van der Waals surface area contributed by atoms with Crippen LogP contribution in [0.5, 0.6) is 5.75 Å². The topological polar surface area (TPSA) is 58.6 Å². The van der Waals surface area contributed by atoms with Crippen LogP contribution in [0.2, 0.25) is 0 Å². The van der Waals surface area contributed by atoms with E-state index in [9.17, 15) is 9.90 Å². The van der Waals surface area contributed by atoms with Crippen molar-refractivity contribution in [3.8, 4) is 5.75 Å². The SMILES string of the molecule is CCC(Nc1cccc(OC)c1)(C(=O)O)C1CC1. The van der Waals surface area contributed by atoms with Crippen LogP contribution >= 0.6 is 0 Å². The summed E-state index contributed by atoms with van der Waals surface area (Å²) in [6.45, 7) is 1.92. The van der Waals surface area contributed by atoms with Gasteiger partial charge in [-0.2, -0.15) is 0 Å². The third-order valence-electron chi connectivity index (χ3n) is 3.65. The molecule has 1 fully saturated rings. The third kappa shape index (κ3) is 2.28. The standard InChI is InChI=1S/C14H19NO3/c1-3-14(13(16)17,10-7-8-10)15-11-5-4-6-12(9-11)18-2/h4-6,9-10,15H,3,7-8H2,1-2H3,(H,16,17). The van der Waals surface area contributed by atoms with Gasteiger partial charge >= 0.3 is 5.97 Å². The third-order valence-corrected chi connectivity index (χ3v) is 3.65. The van der Waals surface area contributed by atoms with Crippen molar-refractivity contribution < 1.29 is 14.6 Å². The lowest BCUT2D eigenvalue weighted by Crippen LogP contribution is -2.48. The fourth-order valence-corrected chi connectivity index (χ4v) is 2.39. The molecular weight excluding hydrogens is 230 g/mol. The van der Waals surface area contributed by atoms with E-state index in [4.69, 9.17) is 4.74 Å². The monoisotopic (exact) mass is 249 g/mol. The van der Waals surface area contributed by atoms with Gasteiger partial charge in [0.15, 0.2) is 0 Å². The first-order valence-corrected chi connectivity index (χ1v) is 6.28. The van der Waals surface area contributed by atoms with Crippen molar-refractivity contribution in [2.75, 3.05) is 12.4 Å². The molecule has 1 saturated carbocycles. The van der Waals surface area contributed by atoms with Crippen molar-refractivity contribution in [2.45, 2.75) is 31.7 Å². The number of carboxylic acid groups (broad SMARTS) is 1. The molecule has 0 saturated heterocycles. The van der Waals surface area contributed by atoms with Crippen molar-refractivity contribution in [3.63, 3.8) is 0 Å². The summed E-state index contributed by atoms with van der Waals surface area (Å²) < 4.78 is 5.15. The number of methoxy groups -OCH3 is 1. The molecule has 0 aliphatic heterocycles. The van der Waals surface area contributed by atoms with Crippen molar-refractivity contribution in [1.29, 1.82) is 0 Å². The summed E-state index contributed by atoms with van der Waals surface area (Å²) in [6.07, 6.45) is 2.54. The fourth-order valence-electron chi connectivity index (χ4n) is 2.39. The Morgan fingerprint density at radius 3 is 2.78 bits per heavy atom. The van der Waals surface area contributed by atoms with E-state index in [0.717, 1.165) is 24.3 Å². The second-order valence-corrected chi connectivity index (χ2v) is 4.76. The van der Waals surface area contributed by atoms with E-state index in [1.54, 1.807) is 7.11 Å². The van der Waals surface area contributed by atoms with Crippen molar-refractivity contribution in [3.05, 3.63) is 24.3 Å². The van der Waals surface area contributed by atoms with E-state index >= 15 is 0 Å². The van der Waals surface area contributed by atoms with E-state index in [2.05, 4.69) is 5.32 Å². The number of aliphatic carboxylic acids is 1. The van der Waals surface area contributed by atoms with Crippen LogP contribution in [0.4, 0.5) is 5.69 Å². The predicted octanol–water partition coefficient (Wildman–Crippen LogP) is 2.75. The van der Waals surface area contributed by atoms with E-state index in [1.807, 2.05) is 31.2 Å². The van der Waals surface area contributed by atoms with Crippen molar-refractivity contribution >= 4 is 11.7 Å². The summed E-state index contributed by atoms with van der Waals surface area (Å²) in [5.74, 6) is 0.188. The van der Waals surface area contributed by atoms with Crippen LogP contribution < -0.4 is 10.1 Å².